The van der Waals surface area contributed by atoms with Crippen molar-refractivity contribution in [1.29, 1.82) is 0 Å². The molecule has 0 bridgehead atoms. The number of carbonyl (C=O) groups is 3. The van der Waals surface area contributed by atoms with Gasteiger partial charge in [0.15, 0.2) is 0 Å². The van der Waals surface area contributed by atoms with Crippen LogP contribution < -0.4 is 28.9 Å². The Morgan fingerprint density at radius 3 is 1.03 bits per heavy atom. The molecule has 0 aromatic heterocycles. The molecule has 24 nitrogen and oxygen atoms in total. The summed E-state index contributed by atoms with van der Waals surface area (Å²) in [6.45, 7) is 10.5. The lowest BCUT2D eigenvalue weighted by atomic mass is 9.87. The second-order valence-electron chi connectivity index (χ2n) is 24.8. The Bertz CT molecular complexity index is 4970. The second kappa shape index (κ2) is 33.0. The Morgan fingerprint density at radius 1 is 0.427 bits per heavy atom. The first-order chi connectivity index (χ1) is 48.8. The van der Waals surface area contributed by atoms with Gasteiger partial charge in [-0.15, -0.1) is 35.3 Å². The Balaban J connectivity index is 0.000000166. The number of hydrogen-bond acceptors (Lipinski definition) is 18. The normalized spacial score (nSPS) is 15.1. The van der Waals surface area contributed by atoms with E-state index in [9.17, 15) is 63.7 Å². The van der Waals surface area contributed by atoms with Crippen LogP contribution in [0.5, 0.6) is 17.2 Å². The maximum Gasteiger partial charge on any atom is 0.313 e. The van der Waals surface area contributed by atoms with Gasteiger partial charge in [-0.2, -0.15) is 38.2 Å². The van der Waals surface area contributed by atoms with Crippen molar-refractivity contribution in [1.82, 2.24) is 12.9 Å². The summed E-state index contributed by atoms with van der Waals surface area (Å²) in [5.41, 5.74) is 4.36. The molecule has 3 heterocycles. The first-order valence-corrected chi connectivity index (χ1v) is 39.7. The van der Waals surface area contributed by atoms with Crippen molar-refractivity contribution in [2.45, 2.75) is 40.9 Å². The van der Waals surface area contributed by atoms with E-state index < -0.39 is 60.2 Å². The van der Waals surface area contributed by atoms with E-state index in [1.165, 1.54) is 42.7 Å². The molecule has 0 amide bonds. The summed E-state index contributed by atoms with van der Waals surface area (Å²) >= 11 is 8.70. The summed E-state index contributed by atoms with van der Waals surface area (Å²) in [5.74, 6) is -5.61. The number of nitrogens with one attached hydrogen (secondary N) is 3. The van der Waals surface area contributed by atoms with Crippen molar-refractivity contribution < 1.29 is 79.1 Å². The van der Waals surface area contributed by atoms with E-state index in [1.54, 1.807) is 89.8 Å². The van der Waals surface area contributed by atoms with Gasteiger partial charge in [0.1, 0.15) is 28.9 Å². The van der Waals surface area contributed by atoms with Crippen molar-refractivity contribution in [2.24, 2.45) is 0 Å². The molecular formula is C70H74ClF2N9O15S6. The third kappa shape index (κ3) is 19.2. The molecule has 546 valence electrons. The van der Waals surface area contributed by atoms with E-state index >= 15 is 0 Å². The molecular weight excluding hydrogens is 1470 g/mol. The molecule has 12 rings (SSSR count). The van der Waals surface area contributed by atoms with Crippen LogP contribution in [0.1, 0.15) is 26.3 Å². The van der Waals surface area contributed by atoms with Crippen molar-refractivity contribution in [3.63, 3.8) is 0 Å². The third-order valence-corrected chi connectivity index (χ3v) is 24.9. The van der Waals surface area contributed by atoms with Gasteiger partial charge in [0.2, 0.25) is 0 Å². The van der Waals surface area contributed by atoms with Crippen LogP contribution >= 0.6 is 46.9 Å². The van der Waals surface area contributed by atoms with Gasteiger partial charge in [-0.05, 0) is 77.7 Å². The van der Waals surface area contributed by atoms with E-state index in [0.717, 1.165) is 58.8 Å². The molecule has 9 aromatic carbocycles. The lowest BCUT2D eigenvalue weighted by Crippen LogP contribution is -2.50. The van der Waals surface area contributed by atoms with Crippen molar-refractivity contribution in [2.75, 3.05) is 125 Å². The summed E-state index contributed by atoms with van der Waals surface area (Å²) in [7, 11) is -11.8. The summed E-state index contributed by atoms with van der Waals surface area (Å²) in [6, 6.07) is 43.8. The Morgan fingerprint density at radius 2 is 0.728 bits per heavy atom. The summed E-state index contributed by atoms with van der Waals surface area (Å²) in [4.78, 5) is 39.7. The summed E-state index contributed by atoms with van der Waals surface area (Å²) < 4.78 is 118. The first kappa shape index (κ1) is 76.9. The molecule has 103 heavy (non-hydrogen) atoms. The van der Waals surface area contributed by atoms with Gasteiger partial charge in [-0.3, -0.25) is 28.5 Å². The van der Waals surface area contributed by atoms with Crippen LogP contribution in [0.3, 0.4) is 0 Å². The lowest BCUT2D eigenvalue weighted by Gasteiger charge is -2.35. The SMILES string of the molecule is CC(C)(C)c1ccc(N2CCN(S(=O)(=O)Nc3cc(SCC(=O)O)c(O)c4ccccc34)CC2)cc1.O=C(O)CSc1cc(NS(=O)(=O)N2CCN(c3ccc(Cl)cc3)CC2)c2ccccc2c1O.O=C(O)CSc1cc(NS(=O)(=O)N2CCN(c3ccc(F)cc3F)CC2)c2ccccc2c1O. The zero-order chi connectivity index (χ0) is 74.1. The molecule has 9 N–H and O–H groups in total. The maximum atomic E-state index is 14.1. The largest absolute Gasteiger partial charge is 0.506 e. The average molecular weight is 1550 g/mol. The predicted octanol–water partition coefficient (Wildman–Crippen LogP) is 11.8. The minimum Gasteiger partial charge on any atom is -0.506 e. The highest BCUT2D eigenvalue weighted by Crippen LogP contribution is 2.44. The van der Waals surface area contributed by atoms with E-state index in [-0.39, 0.29) is 88.1 Å². The zero-order valence-corrected chi connectivity index (χ0v) is 61.4. The minimum atomic E-state index is -4.02. The van der Waals surface area contributed by atoms with Crippen LogP contribution in [0.4, 0.5) is 42.9 Å². The summed E-state index contributed by atoms with van der Waals surface area (Å²) in [5, 5.41) is 62.2. The number of aliphatic carboxylic acids is 3. The minimum absolute atomic E-state index is 0.0640. The number of fused-ring (bicyclic) bond motifs is 3. The number of aromatic hydroxyl groups is 3. The molecule has 3 fully saturated rings. The van der Waals surface area contributed by atoms with Gasteiger partial charge in [0.25, 0.3) is 0 Å². The van der Waals surface area contributed by atoms with Crippen molar-refractivity contribution in [3.05, 3.63) is 180 Å². The van der Waals surface area contributed by atoms with E-state index in [1.807, 2.05) is 12.1 Å². The molecule has 33 heteroatoms. The second-order valence-corrected chi connectivity index (χ2v) is 33.3. The molecule has 0 radical (unpaired) electrons. The number of hydrogen-bond donors (Lipinski definition) is 9. The molecule has 0 unspecified atom stereocenters. The number of phenols is 3. The molecule has 3 aliphatic heterocycles. The number of thioether (sulfide) groups is 3. The highest BCUT2D eigenvalue weighted by molar-refractivity contribution is 8.00. The van der Waals surface area contributed by atoms with Crippen molar-refractivity contribution in [3.8, 4) is 17.2 Å². The topological polar surface area (TPSA) is 331 Å². The molecule has 0 saturated carbocycles. The standard InChI is InChI=1S/C26H31N3O5S2.C22H22ClN3O5S2.C22H21F2N3O5S2/c1-26(2,3)18-8-10-19(11-9-18)28-12-14-29(15-13-28)36(33,34)27-22-16-23(35-17-24(30)31)25(32)21-7-5-4-6-20(21)22;23-15-5-7-16(8-6-15)25-9-11-26(12-10-25)33(30,31)24-19-13-20(32-14-21(27)28)22(29)18-4-2-1-3-17(18)19;23-14-5-6-19(17(24)11-14)26-7-9-27(10-8-26)34(31,32)25-18-12-20(33-13-21(28)29)22(30)16-4-2-1-3-15(16)18/h4-11,16,27,32H,12-15,17H2,1-3H3,(H,30,31);1-8,13,24,29H,9-12,14H2,(H,27,28);1-6,11-12,25,30H,7-10,13H2,(H,28,29). The van der Waals surface area contributed by atoms with Crippen LogP contribution in [0.25, 0.3) is 32.3 Å². The van der Waals surface area contributed by atoms with E-state index in [2.05, 4.69) is 69.0 Å². The van der Waals surface area contributed by atoms with Crippen LogP contribution in [-0.4, -0.2) is 183 Å². The van der Waals surface area contributed by atoms with Crippen LogP contribution in [0.15, 0.2) is 172 Å². The number of carboxylic acids is 3. The van der Waals surface area contributed by atoms with Gasteiger partial charge < -0.3 is 45.3 Å². The van der Waals surface area contributed by atoms with Gasteiger partial charge in [0, 0.05) is 133 Å². The third-order valence-electron chi connectivity index (χ3n) is 17.0. The molecule has 0 atom stereocenters. The number of rotatable bonds is 21. The molecule has 3 aliphatic rings. The first-order valence-electron chi connectivity index (χ1n) is 32.0. The van der Waals surface area contributed by atoms with Gasteiger partial charge in [0.05, 0.1) is 54.7 Å². The number of phenolic OH excluding ortho intramolecular Hbond substituents is 3. The van der Waals surface area contributed by atoms with Crippen molar-refractivity contribution >= 4 is 162 Å². The molecule has 9 aromatic rings. The summed E-state index contributed by atoms with van der Waals surface area (Å²) in [6.07, 6.45) is 0. The number of halogens is 3. The smallest absolute Gasteiger partial charge is 0.313 e. The predicted molar refractivity (Wildman–Crippen MR) is 404 cm³/mol. The lowest BCUT2D eigenvalue weighted by molar-refractivity contribution is -0.134. The fourth-order valence-electron chi connectivity index (χ4n) is 11.7. The quantitative estimate of drug-likeness (QED) is 0.0238. The molecule has 3 saturated heterocycles. The number of piperazine rings is 3. The number of benzene rings is 9. The Labute approximate surface area is 612 Å². The van der Waals surface area contributed by atoms with E-state index in [4.69, 9.17) is 26.9 Å². The monoisotopic (exact) mass is 1550 g/mol. The molecule has 0 aliphatic carbocycles. The highest BCUT2D eigenvalue weighted by Gasteiger charge is 2.33. The van der Waals surface area contributed by atoms with Crippen LogP contribution in [0.2, 0.25) is 5.02 Å². The maximum absolute atomic E-state index is 14.1. The zero-order valence-electron chi connectivity index (χ0n) is 55.7. The number of carboxylic acid groups (broad SMARTS) is 3. The van der Waals surface area contributed by atoms with Gasteiger partial charge in [-0.1, -0.05) is 117 Å². The van der Waals surface area contributed by atoms with Gasteiger partial charge in [-0.25, -0.2) is 8.78 Å². The fraction of sp³-hybridized carbons (Fsp3) is 0.271. The average Bonchev–Trinajstić information content (AvgIpc) is 0.783. The highest BCUT2D eigenvalue weighted by atomic mass is 35.5. The molecule has 0 spiro atoms. The fourth-order valence-corrected chi connectivity index (χ4v) is 17.7. The van der Waals surface area contributed by atoms with Crippen LogP contribution in [-0.2, 0) is 50.4 Å². The number of anilines is 6. The van der Waals surface area contributed by atoms with Gasteiger partial charge >= 0.3 is 48.5 Å². The number of nitrogens with zero attached hydrogens (tertiary/aromatic N) is 6. The Hall–Kier alpha value is -8.70. The van der Waals surface area contributed by atoms with Crippen LogP contribution in [0, 0.1) is 11.6 Å². The van der Waals surface area contributed by atoms with E-state index in [0.29, 0.717) is 105 Å². The Kier molecular flexibility index (Phi) is 24.6.